The van der Waals surface area contributed by atoms with Gasteiger partial charge in [-0.3, -0.25) is 0 Å². The SMILES string of the molecule is CN1CCC(c2ccc(Cl)cc2C(F)F)CC1. The van der Waals surface area contributed by atoms with Crippen molar-refractivity contribution in [2.45, 2.75) is 25.2 Å². The molecule has 4 heteroatoms. The Balaban J connectivity index is 2.25. The molecule has 0 spiro atoms. The van der Waals surface area contributed by atoms with Crippen molar-refractivity contribution in [2.24, 2.45) is 0 Å². The third-order valence-corrected chi connectivity index (χ3v) is 3.68. The Hall–Kier alpha value is -0.670. The second-order valence-electron chi connectivity index (χ2n) is 4.65. The third-order valence-electron chi connectivity index (χ3n) is 3.44. The van der Waals surface area contributed by atoms with Gasteiger partial charge in [-0.1, -0.05) is 17.7 Å². The second-order valence-corrected chi connectivity index (χ2v) is 5.09. The first kappa shape index (κ1) is 12.8. The quantitative estimate of drug-likeness (QED) is 0.773. The lowest BCUT2D eigenvalue weighted by Gasteiger charge is -2.30. The van der Waals surface area contributed by atoms with Crippen LogP contribution in [0.5, 0.6) is 0 Å². The van der Waals surface area contributed by atoms with E-state index in [4.69, 9.17) is 11.6 Å². The molecule has 1 aromatic rings. The van der Waals surface area contributed by atoms with Gasteiger partial charge in [-0.05, 0) is 56.6 Å². The molecule has 1 aliphatic rings. The van der Waals surface area contributed by atoms with Crippen LogP contribution in [0.15, 0.2) is 18.2 Å². The van der Waals surface area contributed by atoms with Crippen LogP contribution in [0.1, 0.15) is 36.3 Å². The molecular weight excluding hydrogens is 244 g/mol. The van der Waals surface area contributed by atoms with Crippen LogP contribution in [0.2, 0.25) is 5.02 Å². The van der Waals surface area contributed by atoms with Gasteiger partial charge >= 0.3 is 0 Å². The van der Waals surface area contributed by atoms with Crippen LogP contribution >= 0.6 is 11.6 Å². The van der Waals surface area contributed by atoms with E-state index < -0.39 is 6.43 Å². The first-order valence-electron chi connectivity index (χ1n) is 5.84. The van der Waals surface area contributed by atoms with E-state index in [1.165, 1.54) is 6.07 Å². The second kappa shape index (κ2) is 5.32. The normalized spacial score (nSPS) is 18.9. The Morgan fingerprint density at radius 1 is 1.29 bits per heavy atom. The van der Waals surface area contributed by atoms with Gasteiger partial charge in [0.05, 0.1) is 0 Å². The van der Waals surface area contributed by atoms with E-state index in [2.05, 4.69) is 11.9 Å². The minimum atomic E-state index is -2.44. The van der Waals surface area contributed by atoms with Crippen LogP contribution in [0, 0.1) is 0 Å². The number of benzene rings is 1. The van der Waals surface area contributed by atoms with Crippen LogP contribution in [0.25, 0.3) is 0 Å². The van der Waals surface area contributed by atoms with Gasteiger partial charge in [0.25, 0.3) is 6.43 Å². The van der Waals surface area contributed by atoms with Crippen molar-refractivity contribution in [3.8, 4) is 0 Å². The van der Waals surface area contributed by atoms with Crippen molar-refractivity contribution in [1.29, 1.82) is 0 Å². The highest BCUT2D eigenvalue weighted by atomic mass is 35.5. The number of piperidine rings is 1. The Morgan fingerprint density at radius 2 is 1.94 bits per heavy atom. The first-order valence-corrected chi connectivity index (χ1v) is 6.21. The summed E-state index contributed by atoms with van der Waals surface area (Å²) < 4.78 is 25.9. The van der Waals surface area contributed by atoms with Gasteiger partial charge in [-0.2, -0.15) is 0 Å². The molecule has 2 rings (SSSR count). The Bertz CT molecular complexity index is 387. The summed E-state index contributed by atoms with van der Waals surface area (Å²) in [6.45, 7) is 1.94. The molecule has 0 bridgehead atoms. The molecule has 0 atom stereocenters. The van der Waals surface area contributed by atoms with Crippen molar-refractivity contribution in [3.05, 3.63) is 34.3 Å². The van der Waals surface area contributed by atoms with E-state index in [0.717, 1.165) is 31.5 Å². The highest BCUT2D eigenvalue weighted by Gasteiger charge is 2.23. The van der Waals surface area contributed by atoms with E-state index in [1.807, 2.05) is 0 Å². The Morgan fingerprint density at radius 3 is 2.53 bits per heavy atom. The Kier molecular flexibility index (Phi) is 4.00. The zero-order chi connectivity index (χ0) is 12.4. The molecule has 17 heavy (non-hydrogen) atoms. The molecule has 1 aliphatic heterocycles. The molecule has 0 N–H and O–H groups in total. The van der Waals surface area contributed by atoms with Gasteiger partial charge in [0.1, 0.15) is 0 Å². The number of halogens is 3. The van der Waals surface area contributed by atoms with Crippen molar-refractivity contribution in [3.63, 3.8) is 0 Å². The number of likely N-dealkylation sites (tertiary alicyclic amines) is 1. The standard InChI is InChI=1S/C13H16ClF2N/c1-17-6-4-9(5-7-17)11-3-2-10(14)8-12(11)13(15)16/h2-3,8-9,13H,4-7H2,1H3. The summed E-state index contributed by atoms with van der Waals surface area (Å²) in [6, 6.07) is 4.88. The number of rotatable bonds is 2. The predicted octanol–water partition coefficient (Wildman–Crippen LogP) is 4.09. The molecule has 1 saturated heterocycles. The van der Waals surface area contributed by atoms with Gasteiger partial charge in [-0.25, -0.2) is 8.78 Å². The maximum atomic E-state index is 13.0. The van der Waals surface area contributed by atoms with Crippen molar-refractivity contribution in [1.82, 2.24) is 4.90 Å². The number of nitrogens with zero attached hydrogens (tertiary/aromatic N) is 1. The molecule has 94 valence electrons. The molecule has 1 fully saturated rings. The first-order chi connectivity index (χ1) is 8.08. The number of hydrogen-bond acceptors (Lipinski definition) is 1. The van der Waals surface area contributed by atoms with Gasteiger partial charge in [0.2, 0.25) is 0 Å². The average Bonchev–Trinajstić information content (AvgIpc) is 2.30. The maximum Gasteiger partial charge on any atom is 0.264 e. The summed E-state index contributed by atoms with van der Waals surface area (Å²) >= 11 is 5.78. The fourth-order valence-electron chi connectivity index (χ4n) is 2.43. The van der Waals surface area contributed by atoms with Crippen LogP contribution in [-0.2, 0) is 0 Å². The Labute approximate surface area is 105 Å². The molecule has 1 nitrogen and oxygen atoms in total. The molecule has 1 heterocycles. The highest BCUT2D eigenvalue weighted by molar-refractivity contribution is 6.30. The molecule has 0 aromatic heterocycles. The monoisotopic (exact) mass is 259 g/mol. The molecule has 0 saturated carbocycles. The fraction of sp³-hybridized carbons (Fsp3) is 0.538. The summed E-state index contributed by atoms with van der Waals surface area (Å²) in [5.74, 6) is 0.243. The van der Waals surface area contributed by atoms with Gasteiger partial charge in [0, 0.05) is 10.6 Å². The lowest BCUT2D eigenvalue weighted by atomic mass is 9.87. The largest absolute Gasteiger partial charge is 0.306 e. The van der Waals surface area contributed by atoms with Crippen molar-refractivity contribution < 1.29 is 8.78 Å². The summed E-state index contributed by atoms with van der Waals surface area (Å²) in [4.78, 5) is 2.23. The molecule has 0 aliphatic carbocycles. The minimum Gasteiger partial charge on any atom is -0.306 e. The molecule has 0 amide bonds. The van der Waals surface area contributed by atoms with Crippen LogP contribution < -0.4 is 0 Å². The van der Waals surface area contributed by atoms with Crippen LogP contribution in [0.4, 0.5) is 8.78 Å². The zero-order valence-corrected chi connectivity index (χ0v) is 10.6. The summed E-state index contributed by atoms with van der Waals surface area (Å²) in [5.41, 5.74) is 0.879. The van der Waals surface area contributed by atoms with E-state index in [9.17, 15) is 8.78 Å². The third kappa shape index (κ3) is 2.96. The molecule has 0 radical (unpaired) electrons. The van der Waals surface area contributed by atoms with E-state index in [0.29, 0.717) is 5.02 Å². The van der Waals surface area contributed by atoms with Crippen LogP contribution in [-0.4, -0.2) is 25.0 Å². The van der Waals surface area contributed by atoms with Gasteiger partial charge in [-0.15, -0.1) is 0 Å². The van der Waals surface area contributed by atoms with Crippen LogP contribution in [0.3, 0.4) is 0 Å². The van der Waals surface area contributed by atoms with E-state index in [1.54, 1.807) is 12.1 Å². The molecule has 0 unspecified atom stereocenters. The fourth-order valence-corrected chi connectivity index (χ4v) is 2.61. The minimum absolute atomic E-state index is 0.104. The lowest BCUT2D eigenvalue weighted by Crippen LogP contribution is -2.29. The lowest BCUT2D eigenvalue weighted by molar-refractivity contribution is 0.148. The van der Waals surface area contributed by atoms with Gasteiger partial charge < -0.3 is 4.90 Å². The smallest absolute Gasteiger partial charge is 0.264 e. The van der Waals surface area contributed by atoms with Crippen molar-refractivity contribution in [2.75, 3.05) is 20.1 Å². The molecule has 1 aromatic carbocycles. The number of hydrogen-bond donors (Lipinski definition) is 0. The number of alkyl halides is 2. The predicted molar refractivity (Wildman–Crippen MR) is 65.9 cm³/mol. The average molecular weight is 260 g/mol. The summed E-state index contributed by atoms with van der Waals surface area (Å²) in [7, 11) is 2.06. The zero-order valence-electron chi connectivity index (χ0n) is 9.80. The summed E-state index contributed by atoms with van der Waals surface area (Å²) in [5, 5.41) is 0.386. The topological polar surface area (TPSA) is 3.24 Å². The van der Waals surface area contributed by atoms with E-state index >= 15 is 0 Å². The van der Waals surface area contributed by atoms with Crippen molar-refractivity contribution >= 4 is 11.6 Å². The van der Waals surface area contributed by atoms with Gasteiger partial charge in [0.15, 0.2) is 0 Å². The highest BCUT2D eigenvalue weighted by Crippen LogP contribution is 2.35. The molecular formula is C13H16ClF2N. The van der Waals surface area contributed by atoms with E-state index in [-0.39, 0.29) is 11.5 Å². The maximum absolute atomic E-state index is 13.0. The summed E-state index contributed by atoms with van der Waals surface area (Å²) in [6.07, 6.45) is -0.557.